The summed E-state index contributed by atoms with van der Waals surface area (Å²) in [6.07, 6.45) is 0.616. The number of nitrogens with one attached hydrogen (secondary N) is 1. The highest BCUT2D eigenvalue weighted by atomic mass is 32.2. The van der Waals surface area contributed by atoms with Crippen molar-refractivity contribution in [3.8, 4) is 0 Å². The Labute approximate surface area is 120 Å². The van der Waals surface area contributed by atoms with Crippen LogP contribution >= 0.6 is 11.8 Å². The average molecular weight is 277 g/mol. The SMILES string of the molecule is CC1(C)CN(C(CC(=N)N)c2ccccc2)CCS1. The summed E-state index contributed by atoms with van der Waals surface area (Å²) < 4.78 is 0.280. The molecule has 0 amide bonds. The lowest BCUT2D eigenvalue weighted by atomic mass is 10.00. The van der Waals surface area contributed by atoms with Crippen molar-refractivity contribution in [3.63, 3.8) is 0 Å². The predicted molar refractivity (Wildman–Crippen MR) is 83.8 cm³/mol. The number of benzene rings is 1. The second-order valence-electron chi connectivity index (χ2n) is 5.73. The Morgan fingerprint density at radius 2 is 2.11 bits per heavy atom. The molecule has 3 nitrogen and oxygen atoms in total. The summed E-state index contributed by atoms with van der Waals surface area (Å²) in [6.45, 7) is 6.70. The van der Waals surface area contributed by atoms with Crippen molar-refractivity contribution >= 4 is 17.6 Å². The highest BCUT2D eigenvalue weighted by molar-refractivity contribution is 8.00. The van der Waals surface area contributed by atoms with Crippen LogP contribution in [0.4, 0.5) is 0 Å². The van der Waals surface area contributed by atoms with E-state index in [1.165, 1.54) is 5.56 Å². The van der Waals surface area contributed by atoms with E-state index in [1.54, 1.807) is 0 Å². The van der Waals surface area contributed by atoms with Crippen molar-refractivity contribution in [3.05, 3.63) is 35.9 Å². The first-order chi connectivity index (χ1) is 8.98. The quantitative estimate of drug-likeness (QED) is 0.657. The predicted octanol–water partition coefficient (Wildman–Crippen LogP) is 2.88. The molecule has 3 N–H and O–H groups in total. The monoisotopic (exact) mass is 277 g/mol. The molecule has 1 unspecified atom stereocenters. The molecule has 0 aromatic heterocycles. The normalized spacial score (nSPS) is 20.9. The molecule has 0 saturated carbocycles. The number of hydrogen-bond donors (Lipinski definition) is 2. The molecule has 1 atom stereocenters. The van der Waals surface area contributed by atoms with Crippen LogP contribution < -0.4 is 5.73 Å². The van der Waals surface area contributed by atoms with Crippen LogP contribution in [0.1, 0.15) is 31.9 Å². The van der Waals surface area contributed by atoms with Gasteiger partial charge in [0.05, 0.1) is 5.84 Å². The molecule has 1 aliphatic rings. The van der Waals surface area contributed by atoms with E-state index in [2.05, 4.69) is 43.0 Å². The Hall–Kier alpha value is -1.00. The van der Waals surface area contributed by atoms with Gasteiger partial charge in [0.1, 0.15) is 0 Å². The summed E-state index contributed by atoms with van der Waals surface area (Å²) in [5.74, 6) is 1.42. The largest absolute Gasteiger partial charge is 0.388 e. The van der Waals surface area contributed by atoms with Crippen LogP contribution in [0.25, 0.3) is 0 Å². The maximum atomic E-state index is 7.64. The smallest absolute Gasteiger partial charge is 0.0924 e. The lowest BCUT2D eigenvalue weighted by Gasteiger charge is -2.42. The highest BCUT2D eigenvalue weighted by Gasteiger charge is 2.31. The third-order valence-electron chi connectivity index (χ3n) is 3.49. The van der Waals surface area contributed by atoms with Gasteiger partial charge in [0.15, 0.2) is 0 Å². The molecule has 0 radical (unpaired) electrons. The zero-order valence-electron chi connectivity index (χ0n) is 11.7. The summed E-state index contributed by atoms with van der Waals surface area (Å²) in [5.41, 5.74) is 6.92. The van der Waals surface area contributed by atoms with Crippen molar-refractivity contribution < 1.29 is 0 Å². The van der Waals surface area contributed by atoms with Crippen LogP contribution in [0.2, 0.25) is 0 Å². The van der Waals surface area contributed by atoms with E-state index in [4.69, 9.17) is 11.1 Å². The first-order valence-corrected chi connectivity index (χ1v) is 7.72. The van der Waals surface area contributed by atoms with Gasteiger partial charge in [-0.1, -0.05) is 30.3 Å². The van der Waals surface area contributed by atoms with Crippen LogP contribution in [-0.2, 0) is 0 Å². The van der Waals surface area contributed by atoms with E-state index in [1.807, 2.05) is 17.8 Å². The second kappa shape index (κ2) is 5.97. The van der Waals surface area contributed by atoms with E-state index in [0.717, 1.165) is 18.8 Å². The van der Waals surface area contributed by atoms with E-state index in [-0.39, 0.29) is 16.6 Å². The lowest BCUT2D eigenvalue weighted by Crippen LogP contribution is -2.45. The molecule has 1 aliphatic heterocycles. The van der Waals surface area contributed by atoms with Crippen molar-refractivity contribution in [2.45, 2.75) is 31.1 Å². The van der Waals surface area contributed by atoms with Crippen molar-refractivity contribution in [1.29, 1.82) is 5.41 Å². The lowest BCUT2D eigenvalue weighted by molar-refractivity contribution is 0.191. The molecule has 1 heterocycles. The molecular weight excluding hydrogens is 254 g/mol. The minimum absolute atomic E-state index is 0.235. The van der Waals surface area contributed by atoms with Gasteiger partial charge < -0.3 is 5.73 Å². The summed E-state index contributed by atoms with van der Waals surface area (Å²) in [4.78, 5) is 2.48. The highest BCUT2D eigenvalue weighted by Crippen LogP contribution is 2.35. The molecule has 4 heteroatoms. The first kappa shape index (κ1) is 14.4. The maximum absolute atomic E-state index is 7.64. The fourth-order valence-corrected chi connectivity index (χ4v) is 3.80. The van der Waals surface area contributed by atoms with E-state index < -0.39 is 0 Å². The van der Waals surface area contributed by atoms with Crippen molar-refractivity contribution in [2.75, 3.05) is 18.8 Å². The van der Waals surface area contributed by atoms with Crippen LogP contribution in [-0.4, -0.2) is 34.3 Å². The molecule has 19 heavy (non-hydrogen) atoms. The Bertz CT molecular complexity index is 430. The molecule has 104 valence electrons. The molecule has 1 saturated heterocycles. The molecule has 1 fully saturated rings. The van der Waals surface area contributed by atoms with Gasteiger partial charge in [0.25, 0.3) is 0 Å². The van der Waals surface area contributed by atoms with Crippen LogP contribution in [0.15, 0.2) is 30.3 Å². The average Bonchev–Trinajstić information content (AvgIpc) is 2.35. The van der Waals surface area contributed by atoms with Gasteiger partial charge in [-0.2, -0.15) is 11.8 Å². The number of nitrogens with zero attached hydrogens (tertiary/aromatic N) is 1. The number of rotatable bonds is 4. The molecule has 2 rings (SSSR count). The topological polar surface area (TPSA) is 53.1 Å². The number of thioether (sulfide) groups is 1. The van der Waals surface area contributed by atoms with Crippen LogP contribution in [0.5, 0.6) is 0 Å². The van der Waals surface area contributed by atoms with Gasteiger partial charge >= 0.3 is 0 Å². The van der Waals surface area contributed by atoms with Crippen molar-refractivity contribution in [1.82, 2.24) is 4.90 Å². The Morgan fingerprint density at radius 3 is 2.68 bits per heavy atom. The van der Waals surface area contributed by atoms with E-state index >= 15 is 0 Å². The minimum Gasteiger partial charge on any atom is -0.388 e. The van der Waals surface area contributed by atoms with E-state index in [0.29, 0.717) is 6.42 Å². The third-order valence-corrected chi connectivity index (χ3v) is 4.79. The van der Waals surface area contributed by atoms with Gasteiger partial charge in [-0.3, -0.25) is 10.3 Å². The standard InChI is InChI=1S/C15H23N3S/c1-15(2)11-18(8-9-19-15)13(10-14(16)17)12-6-4-3-5-7-12/h3-7,13H,8-11H2,1-2H3,(H3,16,17). The Balaban J connectivity index is 2.20. The first-order valence-electron chi connectivity index (χ1n) is 6.74. The van der Waals surface area contributed by atoms with Gasteiger partial charge in [-0.25, -0.2) is 0 Å². The zero-order chi connectivity index (χ0) is 13.9. The van der Waals surface area contributed by atoms with Crippen molar-refractivity contribution in [2.24, 2.45) is 5.73 Å². The molecular formula is C15H23N3S. The van der Waals surface area contributed by atoms with Crippen LogP contribution in [0.3, 0.4) is 0 Å². The fourth-order valence-electron chi connectivity index (χ4n) is 2.66. The molecule has 1 aromatic carbocycles. The molecule has 0 aliphatic carbocycles. The number of nitrogens with two attached hydrogens (primary N) is 1. The van der Waals surface area contributed by atoms with Crippen LogP contribution in [0, 0.1) is 5.41 Å². The Kier molecular flexibility index (Phi) is 4.53. The van der Waals surface area contributed by atoms with E-state index in [9.17, 15) is 0 Å². The van der Waals surface area contributed by atoms with Gasteiger partial charge in [-0.15, -0.1) is 0 Å². The zero-order valence-corrected chi connectivity index (χ0v) is 12.5. The summed E-state index contributed by atoms with van der Waals surface area (Å²) >= 11 is 2.03. The van der Waals surface area contributed by atoms with Gasteiger partial charge in [0, 0.05) is 36.1 Å². The number of hydrogen-bond acceptors (Lipinski definition) is 3. The fraction of sp³-hybridized carbons (Fsp3) is 0.533. The summed E-state index contributed by atoms with van der Waals surface area (Å²) in [7, 11) is 0. The third kappa shape index (κ3) is 3.98. The summed E-state index contributed by atoms with van der Waals surface area (Å²) in [6, 6.07) is 10.7. The van der Waals surface area contributed by atoms with Gasteiger partial charge in [0.2, 0.25) is 0 Å². The molecule has 0 spiro atoms. The second-order valence-corrected chi connectivity index (χ2v) is 7.54. The Morgan fingerprint density at radius 1 is 1.42 bits per heavy atom. The number of amidine groups is 1. The van der Waals surface area contributed by atoms with Gasteiger partial charge in [-0.05, 0) is 19.4 Å². The summed E-state index contributed by atoms with van der Waals surface area (Å²) in [5, 5.41) is 7.64. The molecule has 0 bridgehead atoms. The maximum Gasteiger partial charge on any atom is 0.0924 e. The molecule has 1 aromatic rings. The minimum atomic E-state index is 0.235.